The molecule has 1 unspecified atom stereocenters. The fourth-order valence-electron chi connectivity index (χ4n) is 3.17. The van der Waals surface area contributed by atoms with E-state index in [2.05, 4.69) is 22.1 Å². The molecule has 1 aromatic heterocycles. The average Bonchev–Trinajstić information content (AvgIpc) is 3.10. The van der Waals surface area contributed by atoms with Crippen molar-refractivity contribution in [3.63, 3.8) is 0 Å². The van der Waals surface area contributed by atoms with Gasteiger partial charge in [-0.2, -0.15) is 0 Å². The van der Waals surface area contributed by atoms with E-state index in [0.29, 0.717) is 24.8 Å². The molecule has 2 heterocycles. The van der Waals surface area contributed by atoms with Crippen molar-refractivity contribution in [2.75, 3.05) is 19.6 Å². The summed E-state index contributed by atoms with van der Waals surface area (Å²) in [6.45, 7) is 7.57. The van der Waals surface area contributed by atoms with E-state index in [1.54, 1.807) is 11.3 Å². The van der Waals surface area contributed by atoms with E-state index >= 15 is 0 Å². The van der Waals surface area contributed by atoms with Crippen LogP contribution in [0.3, 0.4) is 0 Å². The van der Waals surface area contributed by atoms with Crippen LogP contribution in [0.2, 0.25) is 0 Å². The summed E-state index contributed by atoms with van der Waals surface area (Å²) >= 11 is 1.62. The molecule has 0 radical (unpaired) electrons. The van der Waals surface area contributed by atoms with Crippen LogP contribution in [0.25, 0.3) is 0 Å². The summed E-state index contributed by atoms with van der Waals surface area (Å²) in [7, 11) is 0. The maximum absolute atomic E-state index is 12.3. The van der Waals surface area contributed by atoms with E-state index in [1.807, 2.05) is 36.6 Å². The minimum absolute atomic E-state index is 0.0319. The van der Waals surface area contributed by atoms with Crippen LogP contribution in [-0.4, -0.2) is 41.5 Å². The second-order valence-electron chi connectivity index (χ2n) is 6.83. The molecule has 1 N–H and O–H groups in total. The van der Waals surface area contributed by atoms with Crippen LogP contribution in [0, 0.1) is 6.92 Å². The number of amides is 1. The normalized spacial score (nSPS) is 16.2. The Hall–Kier alpha value is -1.92. The number of likely N-dealkylation sites (tertiary alicyclic amines) is 1. The molecule has 26 heavy (non-hydrogen) atoms. The van der Waals surface area contributed by atoms with Crippen LogP contribution in [0.15, 0.2) is 29.6 Å². The standard InChI is InChI=1S/C20H27N3O2S/c1-15(23-10-4-3-5-11-23)12-21-20(24)17-6-8-19(9-7-17)25-13-18-14-26-16(2)22-18/h6-9,14-15H,3-5,10-13H2,1-2H3,(H,21,24). The van der Waals surface area contributed by atoms with Crippen molar-refractivity contribution in [3.8, 4) is 5.75 Å². The number of benzene rings is 1. The Morgan fingerprint density at radius 1 is 1.27 bits per heavy atom. The molecule has 1 saturated heterocycles. The van der Waals surface area contributed by atoms with Crippen LogP contribution < -0.4 is 10.1 Å². The first-order chi connectivity index (χ1) is 12.6. The summed E-state index contributed by atoms with van der Waals surface area (Å²) in [5.74, 6) is 0.712. The second-order valence-corrected chi connectivity index (χ2v) is 7.89. The third-order valence-electron chi connectivity index (χ3n) is 4.74. The molecule has 1 aliphatic rings. The van der Waals surface area contributed by atoms with Crippen LogP contribution >= 0.6 is 11.3 Å². The Kier molecular flexibility index (Phi) is 6.63. The largest absolute Gasteiger partial charge is 0.487 e. The number of rotatable bonds is 7. The summed E-state index contributed by atoms with van der Waals surface area (Å²) in [5.41, 5.74) is 1.59. The number of ether oxygens (including phenoxy) is 1. The highest BCUT2D eigenvalue weighted by Crippen LogP contribution is 2.16. The zero-order chi connectivity index (χ0) is 18.4. The summed E-state index contributed by atoms with van der Waals surface area (Å²) in [6, 6.07) is 7.67. The quantitative estimate of drug-likeness (QED) is 0.805. The zero-order valence-corrected chi connectivity index (χ0v) is 16.3. The average molecular weight is 374 g/mol. The number of aryl methyl sites for hydroxylation is 1. The SMILES string of the molecule is Cc1nc(COc2ccc(C(=O)NCC(C)N3CCCCC3)cc2)cs1. The molecule has 3 rings (SSSR count). The van der Waals surface area contributed by atoms with Gasteiger partial charge in [0.25, 0.3) is 5.91 Å². The van der Waals surface area contributed by atoms with Crippen molar-refractivity contribution >= 4 is 17.2 Å². The minimum atomic E-state index is -0.0319. The molecule has 1 fully saturated rings. The predicted octanol–water partition coefficient (Wildman–Crippen LogP) is 3.63. The summed E-state index contributed by atoms with van der Waals surface area (Å²) in [5, 5.41) is 6.08. The van der Waals surface area contributed by atoms with Crippen molar-refractivity contribution in [2.24, 2.45) is 0 Å². The van der Waals surface area contributed by atoms with Gasteiger partial charge in [0.05, 0.1) is 10.7 Å². The lowest BCUT2D eigenvalue weighted by Crippen LogP contribution is -2.44. The first-order valence-electron chi connectivity index (χ1n) is 9.28. The molecule has 1 amide bonds. The highest BCUT2D eigenvalue weighted by molar-refractivity contribution is 7.09. The van der Waals surface area contributed by atoms with Crippen molar-refractivity contribution in [1.29, 1.82) is 0 Å². The van der Waals surface area contributed by atoms with Crippen molar-refractivity contribution in [3.05, 3.63) is 45.9 Å². The van der Waals surface area contributed by atoms with Crippen LogP contribution in [0.1, 0.15) is 47.2 Å². The molecule has 1 aromatic carbocycles. The van der Waals surface area contributed by atoms with Crippen LogP contribution in [0.5, 0.6) is 5.75 Å². The number of hydrogen-bond donors (Lipinski definition) is 1. The van der Waals surface area contributed by atoms with Gasteiger partial charge in [-0.1, -0.05) is 6.42 Å². The van der Waals surface area contributed by atoms with Crippen LogP contribution in [0.4, 0.5) is 0 Å². The highest BCUT2D eigenvalue weighted by Gasteiger charge is 2.17. The number of carbonyl (C=O) groups is 1. The Labute approximate surface area is 159 Å². The van der Waals surface area contributed by atoms with Gasteiger partial charge in [-0.25, -0.2) is 4.98 Å². The molecule has 0 bridgehead atoms. The molecule has 2 aromatic rings. The topological polar surface area (TPSA) is 54.5 Å². The monoisotopic (exact) mass is 373 g/mol. The predicted molar refractivity (Wildman–Crippen MR) is 105 cm³/mol. The number of aromatic nitrogens is 1. The highest BCUT2D eigenvalue weighted by atomic mass is 32.1. The first kappa shape index (κ1) is 18.9. The molecule has 0 saturated carbocycles. The zero-order valence-electron chi connectivity index (χ0n) is 15.5. The summed E-state index contributed by atoms with van der Waals surface area (Å²) < 4.78 is 5.72. The van der Waals surface area contributed by atoms with E-state index < -0.39 is 0 Å². The summed E-state index contributed by atoms with van der Waals surface area (Å²) in [4.78, 5) is 19.2. The molecule has 5 nitrogen and oxygen atoms in total. The van der Waals surface area contributed by atoms with Crippen molar-refractivity contribution < 1.29 is 9.53 Å². The van der Waals surface area contributed by atoms with Crippen molar-refractivity contribution in [1.82, 2.24) is 15.2 Å². The first-order valence-corrected chi connectivity index (χ1v) is 10.2. The van der Waals surface area contributed by atoms with Gasteiger partial charge >= 0.3 is 0 Å². The number of carbonyl (C=O) groups excluding carboxylic acids is 1. The molecule has 1 atom stereocenters. The van der Waals surface area contributed by atoms with E-state index in [4.69, 9.17) is 4.74 Å². The fraction of sp³-hybridized carbons (Fsp3) is 0.500. The number of nitrogens with one attached hydrogen (secondary N) is 1. The minimum Gasteiger partial charge on any atom is -0.487 e. The Bertz CT molecular complexity index is 708. The molecule has 0 aliphatic carbocycles. The number of nitrogens with zero attached hydrogens (tertiary/aromatic N) is 2. The maximum atomic E-state index is 12.3. The molecular formula is C20H27N3O2S. The fourth-order valence-corrected chi connectivity index (χ4v) is 3.76. The lowest BCUT2D eigenvalue weighted by Gasteiger charge is -2.32. The molecule has 6 heteroatoms. The van der Waals surface area contributed by atoms with Gasteiger partial charge in [-0.15, -0.1) is 11.3 Å². The van der Waals surface area contributed by atoms with E-state index in [0.717, 1.165) is 29.5 Å². The van der Waals surface area contributed by atoms with Gasteiger partial charge in [0.15, 0.2) is 0 Å². The van der Waals surface area contributed by atoms with Gasteiger partial charge in [-0.3, -0.25) is 9.69 Å². The third kappa shape index (κ3) is 5.29. The van der Waals surface area contributed by atoms with Gasteiger partial charge < -0.3 is 10.1 Å². The second kappa shape index (κ2) is 9.14. The van der Waals surface area contributed by atoms with Gasteiger partial charge in [0, 0.05) is 23.5 Å². The van der Waals surface area contributed by atoms with Gasteiger partial charge in [-0.05, 0) is 64.0 Å². The molecular weight excluding hydrogens is 346 g/mol. The molecule has 140 valence electrons. The third-order valence-corrected chi connectivity index (χ3v) is 5.56. The lowest BCUT2D eigenvalue weighted by atomic mass is 10.1. The molecule has 0 spiro atoms. The molecule has 1 aliphatic heterocycles. The number of hydrogen-bond acceptors (Lipinski definition) is 5. The Morgan fingerprint density at radius 2 is 2.00 bits per heavy atom. The van der Waals surface area contributed by atoms with Gasteiger partial charge in [0.1, 0.15) is 12.4 Å². The lowest BCUT2D eigenvalue weighted by molar-refractivity contribution is 0.0930. The smallest absolute Gasteiger partial charge is 0.251 e. The van der Waals surface area contributed by atoms with Crippen molar-refractivity contribution in [2.45, 2.75) is 45.8 Å². The number of thiazole rings is 1. The number of piperidine rings is 1. The Morgan fingerprint density at radius 3 is 2.65 bits per heavy atom. The van der Waals surface area contributed by atoms with Crippen LogP contribution in [-0.2, 0) is 6.61 Å². The summed E-state index contributed by atoms with van der Waals surface area (Å²) in [6.07, 6.45) is 3.85. The Balaban J connectivity index is 1.45. The van der Waals surface area contributed by atoms with E-state index in [9.17, 15) is 4.79 Å². The van der Waals surface area contributed by atoms with E-state index in [1.165, 1.54) is 19.3 Å². The maximum Gasteiger partial charge on any atom is 0.251 e. The van der Waals surface area contributed by atoms with Gasteiger partial charge in [0.2, 0.25) is 0 Å². The van der Waals surface area contributed by atoms with E-state index in [-0.39, 0.29) is 5.91 Å².